The summed E-state index contributed by atoms with van der Waals surface area (Å²) in [7, 11) is 0. The van der Waals surface area contributed by atoms with Gasteiger partial charge < -0.3 is 19.3 Å². The summed E-state index contributed by atoms with van der Waals surface area (Å²) >= 11 is 0. The lowest BCUT2D eigenvalue weighted by atomic mass is 9.69. The number of allylic oxidation sites excluding steroid dienone is 1. The molecule has 2 aliphatic rings. The van der Waals surface area contributed by atoms with E-state index in [9.17, 15) is 10.2 Å². The summed E-state index contributed by atoms with van der Waals surface area (Å²) in [5.74, 6) is 0.329. The lowest BCUT2D eigenvalue weighted by molar-refractivity contribution is 0.235. The molecule has 12 rings (SSSR count). The van der Waals surface area contributed by atoms with Crippen molar-refractivity contribution in [3.05, 3.63) is 215 Å². The number of hydrogen-bond acceptors (Lipinski definition) is 2. The average molecular weight is 1280 g/mol. The van der Waals surface area contributed by atoms with Crippen LogP contribution in [-0.2, 0) is 23.9 Å². The van der Waals surface area contributed by atoms with E-state index in [0.29, 0.717) is 12.2 Å². The Labute approximate surface area is 577 Å². The van der Waals surface area contributed by atoms with Gasteiger partial charge in [-0.05, 0) is 164 Å². The van der Waals surface area contributed by atoms with Gasteiger partial charge in [-0.3, -0.25) is 0 Å². The molecule has 0 saturated carbocycles. The standard InChI is InChI=1S/C92H114N2O2/c1-5-6-7-35-58-91(59-36-21-15-9-8-14-20-26-41-74(96)66-71(4)95)83-64-69(2)50-54-75(83)77-56-52-72(67-85(77)91)73-53-57-78-76-55-51-70(3)65-84(76)92(86(78)68-73,60-37-22-16-10-12-18-24-39-62-93-87-46-31-27-42-79(87)80-43-28-32-47-88(80)93)61-38-23-17-11-13-19-25-40-63-94-89-48-33-29-44-81(89)82-45-30-34-49-90(82)94/h27-34,42-57,64-68,71,95-96H,5-26,35-41,58-63H2,1-4H3. The Morgan fingerprint density at radius 2 is 0.646 bits per heavy atom. The van der Waals surface area contributed by atoms with E-state index in [-0.39, 0.29) is 10.8 Å². The van der Waals surface area contributed by atoms with E-state index in [2.05, 4.69) is 200 Å². The Morgan fingerprint density at radius 1 is 0.354 bits per heavy atom. The van der Waals surface area contributed by atoms with E-state index in [1.54, 1.807) is 35.3 Å². The molecule has 0 saturated heterocycles. The first-order chi connectivity index (χ1) is 47.2. The van der Waals surface area contributed by atoms with Crippen molar-refractivity contribution in [3.8, 4) is 33.4 Å². The number of unbranched alkanes of at least 4 members (excludes halogenated alkanes) is 24. The van der Waals surface area contributed by atoms with Crippen molar-refractivity contribution in [1.29, 1.82) is 0 Å². The summed E-state index contributed by atoms with van der Waals surface area (Å²) in [5, 5.41) is 25.3. The summed E-state index contributed by atoms with van der Waals surface area (Å²) in [6.45, 7) is 10.9. The van der Waals surface area contributed by atoms with Gasteiger partial charge in [-0.15, -0.1) is 0 Å². The molecule has 0 fully saturated rings. The Kier molecular flexibility index (Phi) is 23.9. The number of hydrogen-bond donors (Lipinski definition) is 2. The normalized spacial score (nSPS) is 15.1. The van der Waals surface area contributed by atoms with Crippen molar-refractivity contribution in [2.24, 2.45) is 0 Å². The van der Waals surface area contributed by atoms with Crippen LogP contribution < -0.4 is 0 Å². The predicted octanol–water partition coefficient (Wildman–Crippen LogP) is 26.8. The van der Waals surface area contributed by atoms with Crippen molar-refractivity contribution in [1.82, 2.24) is 9.13 Å². The Balaban J connectivity index is 0.736. The highest BCUT2D eigenvalue weighted by Gasteiger charge is 2.44. The summed E-state index contributed by atoms with van der Waals surface area (Å²) in [4.78, 5) is 0. The maximum absolute atomic E-state index is 10.1. The Bertz CT molecular complexity index is 3950. The minimum Gasteiger partial charge on any atom is -0.513 e. The van der Waals surface area contributed by atoms with E-state index in [0.717, 1.165) is 25.9 Å². The first-order valence-corrected chi connectivity index (χ1v) is 38.7. The number of aromatic nitrogens is 2. The fourth-order valence-corrected chi connectivity index (χ4v) is 17.9. The smallest absolute Gasteiger partial charge is 0.0908 e. The highest BCUT2D eigenvalue weighted by atomic mass is 16.3. The first kappa shape index (κ1) is 68.8. The molecule has 10 aromatic rings. The van der Waals surface area contributed by atoms with Crippen LogP contribution in [0.5, 0.6) is 0 Å². The van der Waals surface area contributed by atoms with Gasteiger partial charge in [0.2, 0.25) is 0 Å². The minimum absolute atomic E-state index is 0.000726. The van der Waals surface area contributed by atoms with Gasteiger partial charge in [-0.25, -0.2) is 0 Å². The van der Waals surface area contributed by atoms with E-state index >= 15 is 0 Å². The van der Waals surface area contributed by atoms with Crippen LogP contribution in [0.3, 0.4) is 0 Å². The molecule has 2 heterocycles. The highest BCUT2D eigenvalue weighted by molar-refractivity contribution is 6.09. The number of fused-ring (bicyclic) bond motifs is 12. The van der Waals surface area contributed by atoms with E-state index in [1.807, 2.05) is 0 Å². The molecule has 0 radical (unpaired) electrons. The zero-order valence-electron chi connectivity index (χ0n) is 59.4. The van der Waals surface area contributed by atoms with Crippen molar-refractivity contribution in [2.45, 2.75) is 270 Å². The Hall–Kier alpha value is -7.14. The monoisotopic (exact) mass is 1280 g/mol. The van der Waals surface area contributed by atoms with Gasteiger partial charge >= 0.3 is 0 Å². The topological polar surface area (TPSA) is 50.3 Å². The van der Waals surface area contributed by atoms with Crippen molar-refractivity contribution >= 4 is 43.6 Å². The molecule has 8 aromatic carbocycles. The Morgan fingerprint density at radius 3 is 0.990 bits per heavy atom. The van der Waals surface area contributed by atoms with Crippen LogP contribution in [0.15, 0.2) is 182 Å². The number of rotatable bonds is 40. The quantitative estimate of drug-likeness (QED) is 0.0297. The molecule has 4 heteroatoms. The van der Waals surface area contributed by atoms with E-state index in [1.165, 1.54) is 281 Å². The molecule has 0 aliphatic heterocycles. The summed E-state index contributed by atoms with van der Waals surface area (Å²) in [5.41, 5.74) is 23.3. The van der Waals surface area contributed by atoms with Crippen LogP contribution in [0.4, 0.5) is 0 Å². The summed E-state index contributed by atoms with van der Waals surface area (Å²) in [6.07, 6.45) is 42.1. The van der Waals surface area contributed by atoms with E-state index in [4.69, 9.17) is 0 Å². The third-order valence-corrected chi connectivity index (χ3v) is 22.9. The third kappa shape index (κ3) is 15.7. The molecule has 0 amide bonds. The molecular formula is C92H114N2O2. The fraction of sp³-hybridized carbons (Fsp3) is 0.457. The maximum Gasteiger partial charge on any atom is 0.0908 e. The van der Waals surface area contributed by atoms with Crippen LogP contribution in [0.25, 0.3) is 77.0 Å². The molecule has 2 aromatic heterocycles. The molecule has 4 nitrogen and oxygen atoms in total. The lowest BCUT2D eigenvalue weighted by Crippen LogP contribution is -2.26. The molecule has 0 bridgehead atoms. The molecule has 2 unspecified atom stereocenters. The number of benzene rings is 8. The fourth-order valence-electron chi connectivity index (χ4n) is 17.9. The number of nitrogens with zero attached hydrogens (tertiary/aromatic N) is 2. The van der Waals surface area contributed by atoms with Crippen molar-refractivity contribution < 1.29 is 10.2 Å². The molecular weight excluding hydrogens is 1170 g/mol. The predicted molar refractivity (Wildman–Crippen MR) is 413 cm³/mol. The number of aryl methyl sites for hydroxylation is 4. The summed E-state index contributed by atoms with van der Waals surface area (Å²) in [6, 6.07) is 66.3. The number of aliphatic hydroxyl groups excluding tert-OH is 2. The SMILES string of the molecule is CCCCCCC1(CCCCCCCCCCC(O)=CC(C)O)c2cc(C)ccc2-c2ccc(-c3ccc4c(c3)C(CCCCCCCCCCn3c5ccccc5c5ccccc53)(CCCCCCCCCCn3c5ccccc5c5ccccc53)c3cc(C)ccc3-4)cc21. The van der Waals surface area contributed by atoms with Gasteiger partial charge in [0.25, 0.3) is 0 Å². The van der Waals surface area contributed by atoms with Gasteiger partial charge in [0, 0.05) is 74.0 Å². The largest absolute Gasteiger partial charge is 0.513 e. The van der Waals surface area contributed by atoms with Gasteiger partial charge in [-0.1, -0.05) is 312 Å². The van der Waals surface area contributed by atoms with Crippen molar-refractivity contribution in [3.63, 3.8) is 0 Å². The van der Waals surface area contributed by atoms with Gasteiger partial charge in [0.1, 0.15) is 0 Å². The van der Waals surface area contributed by atoms with Gasteiger partial charge in [-0.2, -0.15) is 0 Å². The molecule has 0 spiro atoms. The molecule has 96 heavy (non-hydrogen) atoms. The molecule has 2 atom stereocenters. The van der Waals surface area contributed by atoms with Crippen LogP contribution >= 0.6 is 0 Å². The maximum atomic E-state index is 10.1. The summed E-state index contributed by atoms with van der Waals surface area (Å²) < 4.78 is 5.14. The number of aliphatic hydroxyl groups is 2. The zero-order valence-corrected chi connectivity index (χ0v) is 59.4. The van der Waals surface area contributed by atoms with Crippen LogP contribution in [0.2, 0.25) is 0 Å². The first-order valence-electron chi connectivity index (χ1n) is 38.7. The lowest BCUT2D eigenvalue weighted by Gasteiger charge is -2.34. The van der Waals surface area contributed by atoms with Gasteiger partial charge in [0.15, 0.2) is 0 Å². The van der Waals surface area contributed by atoms with Crippen LogP contribution in [0.1, 0.15) is 259 Å². The zero-order chi connectivity index (χ0) is 66.1. The van der Waals surface area contributed by atoms with E-state index < -0.39 is 6.10 Å². The number of para-hydroxylation sites is 4. The second kappa shape index (κ2) is 33.4. The second-order valence-corrected chi connectivity index (χ2v) is 29.8. The molecule has 2 N–H and O–H groups in total. The highest BCUT2D eigenvalue weighted by Crippen LogP contribution is 2.58. The third-order valence-electron chi connectivity index (χ3n) is 22.9. The second-order valence-electron chi connectivity index (χ2n) is 29.8. The minimum atomic E-state index is -0.590. The van der Waals surface area contributed by atoms with Gasteiger partial charge in [0.05, 0.1) is 11.9 Å². The van der Waals surface area contributed by atoms with Crippen LogP contribution in [-0.4, -0.2) is 25.5 Å². The molecule has 504 valence electrons. The van der Waals surface area contributed by atoms with Crippen LogP contribution in [0, 0.1) is 13.8 Å². The average Bonchev–Trinajstić information content (AvgIpc) is 1.57. The van der Waals surface area contributed by atoms with Crippen molar-refractivity contribution in [2.75, 3.05) is 0 Å². The molecule has 2 aliphatic carbocycles.